The number of thioether (sulfide) groups is 1. The van der Waals surface area contributed by atoms with Gasteiger partial charge in [0.05, 0.1) is 0 Å². The van der Waals surface area contributed by atoms with Crippen molar-refractivity contribution in [3.63, 3.8) is 0 Å². The van der Waals surface area contributed by atoms with Gasteiger partial charge in [-0.3, -0.25) is 0 Å². The van der Waals surface area contributed by atoms with Gasteiger partial charge in [-0.2, -0.15) is 16.1 Å². The molecule has 0 radical (unpaired) electrons. The Morgan fingerprint density at radius 2 is 2.46 bits per heavy atom. The molecule has 1 heterocycles. The van der Waals surface area contributed by atoms with E-state index in [0.717, 1.165) is 22.8 Å². The van der Waals surface area contributed by atoms with Crippen molar-refractivity contribution in [1.29, 1.82) is 0 Å². The van der Waals surface area contributed by atoms with Crippen molar-refractivity contribution in [2.75, 3.05) is 0 Å². The van der Waals surface area contributed by atoms with E-state index in [1.807, 2.05) is 0 Å². The first-order chi connectivity index (χ1) is 6.11. The number of aromatic nitrogens is 1. The number of hydrogen-bond acceptors (Lipinski definition) is 4. The SMILES string of the molecule is CC(C)SCc1cnsc1C(=O)O. The first-order valence-electron chi connectivity index (χ1n) is 3.89. The van der Waals surface area contributed by atoms with Crippen molar-refractivity contribution in [3.8, 4) is 0 Å². The van der Waals surface area contributed by atoms with Gasteiger partial charge in [0.2, 0.25) is 0 Å². The van der Waals surface area contributed by atoms with Crippen molar-refractivity contribution in [1.82, 2.24) is 4.37 Å². The van der Waals surface area contributed by atoms with E-state index in [9.17, 15) is 4.79 Å². The number of nitrogens with zero attached hydrogens (tertiary/aromatic N) is 1. The van der Waals surface area contributed by atoms with Crippen LogP contribution in [0.25, 0.3) is 0 Å². The molecule has 13 heavy (non-hydrogen) atoms. The van der Waals surface area contributed by atoms with Gasteiger partial charge in [-0.15, -0.1) is 0 Å². The van der Waals surface area contributed by atoms with Crippen LogP contribution in [0.2, 0.25) is 0 Å². The highest BCUT2D eigenvalue weighted by Gasteiger charge is 2.12. The standard InChI is InChI=1S/C8H11NO2S2/c1-5(2)12-4-6-3-9-13-7(6)8(10)11/h3,5H,4H2,1-2H3,(H,10,11). The minimum atomic E-state index is -0.873. The molecule has 1 aromatic heterocycles. The van der Waals surface area contributed by atoms with Crippen LogP contribution in [0, 0.1) is 0 Å². The van der Waals surface area contributed by atoms with Crippen LogP contribution in [0.1, 0.15) is 29.1 Å². The molecule has 0 bridgehead atoms. The second kappa shape index (κ2) is 4.62. The summed E-state index contributed by atoms with van der Waals surface area (Å²) in [6, 6.07) is 0. The first kappa shape index (κ1) is 10.5. The lowest BCUT2D eigenvalue weighted by Crippen LogP contribution is -1.97. The zero-order chi connectivity index (χ0) is 9.84. The Hall–Kier alpha value is -0.550. The van der Waals surface area contributed by atoms with Gasteiger partial charge in [0.1, 0.15) is 4.88 Å². The van der Waals surface area contributed by atoms with Crippen molar-refractivity contribution in [2.24, 2.45) is 0 Å². The predicted octanol–water partition coefficient (Wildman–Crippen LogP) is 2.48. The lowest BCUT2D eigenvalue weighted by molar-refractivity contribution is 0.0701. The van der Waals surface area contributed by atoms with Crippen LogP contribution in [0.5, 0.6) is 0 Å². The highest BCUT2D eigenvalue weighted by molar-refractivity contribution is 7.99. The van der Waals surface area contributed by atoms with Crippen molar-refractivity contribution in [3.05, 3.63) is 16.6 Å². The van der Waals surface area contributed by atoms with Crippen molar-refractivity contribution >= 4 is 29.3 Å². The molecule has 3 nitrogen and oxygen atoms in total. The summed E-state index contributed by atoms with van der Waals surface area (Å²) in [4.78, 5) is 11.1. The maximum Gasteiger partial charge on any atom is 0.347 e. The monoisotopic (exact) mass is 217 g/mol. The summed E-state index contributed by atoms with van der Waals surface area (Å²) < 4.78 is 3.87. The van der Waals surface area contributed by atoms with Crippen LogP contribution in [0.15, 0.2) is 6.20 Å². The highest BCUT2D eigenvalue weighted by Crippen LogP contribution is 2.22. The third-order valence-electron chi connectivity index (χ3n) is 1.41. The van der Waals surface area contributed by atoms with Crippen LogP contribution in [-0.2, 0) is 5.75 Å². The third kappa shape index (κ3) is 3.00. The number of carboxylic acid groups (broad SMARTS) is 1. The van der Waals surface area contributed by atoms with Crippen LogP contribution in [-0.4, -0.2) is 20.7 Å². The zero-order valence-corrected chi connectivity index (χ0v) is 9.11. The molecule has 0 aliphatic heterocycles. The molecule has 0 spiro atoms. The molecule has 0 saturated carbocycles. The van der Waals surface area contributed by atoms with Crippen LogP contribution in [0.4, 0.5) is 0 Å². The Morgan fingerprint density at radius 3 is 3.00 bits per heavy atom. The van der Waals surface area contributed by atoms with E-state index >= 15 is 0 Å². The molecular weight excluding hydrogens is 206 g/mol. The number of carboxylic acids is 1. The fourth-order valence-corrected chi connectivity index (χ4v) is 2.22. The summed E-state index contributed by atoms with van der Waals surface area (Å²) in [6.07, 6.45) is 1.64. The Morgan fingerprint density at radius 1 is 1.77 bits per heavy atom. The largest absolute Gasteiger partial charge is 0.477 e. The molecule has 1 rings (SSSR count). The predicted molar refractivity (Wildman–Crippen MR) is 55.5 cm³/mol. The van der Waals surface area contributed by atoms with Gasteiger partial charge < -0.3 is 5.11 Å². The van der Waals surface area contributed by atoms with Crippen LogP contribution >= 0.6 is 23.3 Å². The Balaban J connectivity index is 2.65. The summed E-state index contributed by atoms with van der Waals surface area (Å²) in [5.74, 6) is -0.141. The summed E-state index contributed by atoms with van der Waals surface area (Å²) in [5.41, 5.74) is 0.830. The Bertz CT molecular complexity index is 296. The number of rotatable bonds is 4. The maximum atomic E-state index is 10.7. The van der Waals surface area contributed by atoms with Crippen LogP contribution < -0.4 is 0 Å². The van der Waals surface area contributed by atoms with Gasteiger partial charge in [0.15, 0.2) is 0 Å². The maximum absolute atomic E-state index is 10.7. The molecule has 0 aromatic carbocycles. The molecule has 0 atom stereocenters. The second-order valence-electron chi connectivity index (χ2n) is 2.85. The molecule has 0 amide bonds. The Kier molecular flexibility index (Phi) is 3.74. The normalized spacial score (nSPS) is 10.7. The Labute approximate surface area is 85.3 Å². The van der Waals surface area contributed by atoms with E-state index in [0.29, 0.717) is 10.1 Å². The fourth-order valence-electron chi connectivity index (χ4n) is 0.796. The number of hydrogen-bond donors (Lipinski definition) is 1. The first-order valence-corrected chi connectivity index (χ1v) is 5.72. The van der Waals surface area contributed by atoms with Gasteiger partial charge >= 0.3 is 5.97 Å². The highest BCUT2D eigenvalue weighted by atomic mass is 32.2. The molecule has 0 saturated heterocycles. The summed E-state index contributed by atoms with van der Waals surface area (Å²) >= 11 is 2.77. The topological polar surface area (TPSA) is 50.2 Å². The minimum Gasteiger partial charge on any atom is -0.477 e. The minimum absolute atomic E-state index is 0.369. The molecule has 5 heteroatoms. The second-order valence-corrected chi connectivity index (χ2v) is 5.21. The van der Waals surface area contributed by atoms with Gasteiger partial charge in [0, 0.05) is 17.5 Å². The van der Waals surface area contributed by atoms with E-state index in [-0.39, 0.29) is 0 Å². The van der Waals surface area contributed by atoms with Gasteiger partial charge in [-0.25, -0.2) is 4.79 Å². The van der Waals surface area contributed by atoms with Crippen molar-refractivity contribution in [2.45, 2.75) is 24.9 Å². The smallest absolute Gasteiger partial charge is 0.347 e. The summed E-state index contributed by atoms with van der Waals surface area (Å²) in [5, 5.41) is 9.30. The molecule has 0 aliphatic rings. The van der Waals surface area contributed by atoms with Gasteiger partial charge in [-0.05, 0) is 16.8 Å². The summed E-state index contributed by atoms with van der Waals surface area (Å²) in [6.45, 7) is 4.18. The quantitative estimate of drug-likeness (QED) is 0.841. The van der Waals surface area contributed by atoms with Gasteiger partial charge in [0.25, 0.3) is 0 Å². The molecule has 0 fully saturated rings. The lowest BCUT2D eigenvalue weighted by Gasteiger charge is -2.02. The molecule has 1 aromatic rings. The molecule has 72 valence electrons. The third-order valence-corrected chi connectivity index (χ3v) is 3.39. The van der Waals surface area contributed by atoms with E-state index in [1.165, 1.54) is 0 Å². The molecule has 0 aliphatic carbocycles. The molecular formula is C8H11NO2S2. The summed E-state index contributed by atoms with van der Waals surface area (Å²) in [7, 11) is 0. The average molecular weight is 217 g/mol. The van der Waals surface area contributed by atoms with Crippen molar-refractivity contribution < 1.29 is 9.90 Å². The van der Waals surface area contributed by atoms with E-state index in [2.05, 4.69) is 18.2 Å². The molecule has 1 N–H and O–H groups in total. The van der Waals surface area contributed by atoms with Gasteiger partial charge in [-0.1, -0.05) is 13.8 Å². The fraction of sp³-hybridized carbons (Fsp3) is 0.500. The number of aromatic carboxylic acids is 1. The molecule has 0 unspecified atom stereocenters. The van der Waals surface area contributed by atoms with E-state index in [1.54, 1.807) is 18.0 Å². The van der Waals surface area contributed by atoms with E-state index < -0.39 is 5.97 Å². The lowest BCUT2D eigenvalue weighted by atomic mass is 10.3. The zero-order valence-electron chi connectivity index (χ0n) is 7.48. The number of carbonyl (C=O) groups is 1. The average Bonchev–Trinajstić information content (AvgIpc) is 2.47. The van der Waals surface area contributed by atoms with E-state index in [4.69, 9.17) is 5.11 Å². The van der Waals surface area contributed by atoms with Crippen LogP contribution in [0.3, 0.4) is 0 Å².